The van der Waals surface area contributed by atoms with Crippen LogP contribution in [0.15, 0.2) is 24.3 Å². The molecule has 1 aromatic rings. The smallest absolute Gasteiger partial charge is 0.335 e. The van der Waals surface area contributed by atoms with Crippen LogP contribution >= 0.6 is 0 Å². The molecule has 1 atom stereocenters. The Morgan fingerprint density at radius 1 is 0.595 bits per heavy atom. The summed E-state index contributed by atoms with van der Waals surface area (Å²) >= 11 is 0. The van der Waals surface area contributed by atoms with Crippen LogP contribution in [0, 0.1) is 0 Å². The maximum Gasteiger partial charge on any atom is 0.335 e. The standard InChI is InChI=1S/C23H32N4O10/c28-19(29)12-24-5-6-25(13-20(30)31)9-10-27(15-22(34)35)18(11-26(8-7-24)14-21(32)33)16-1-3-17(4-2-16)23(36)37/h1-4,18H,5-15H2,(H,28,29)(H,30,31)(H,32,33)(H,34,35)(H,36,37). The zero-order valence-corrected chi connectivity index (χ0v) is 20.2. The van der Waals surface area contributed by atoms with E-state index in [1.165, 1.54) is 12.1 Å². The van der Waals surface area contributed by atoms with Gasteiger partial charge in [0, 0.05) is 51.9 Å². The van der Waals surface area contributed by atoms with Crippen LogP contribution < -0.4 is 0 Å². The number of carboxylic acids is 5. The average Bonchev–Trinajstić information content (AvgIpc) is 2.79. The van der Waals surface area contributed by atoms with E-state index >= 15 is 0 Å². The van der Waals surface area contributed by atoms with Gasteiger partial charge < -0.3 is 25.5 Å². The molecule has 14 heteroatoms. The molecule has 2 rings (SSSR count). The van der Waals surface area contributed by atoms with E-state index in [9.17, 15) is 49.5 Å². The molecular weight excluding hydrogens is 492 g/mol. The molecule has 0 aliphatic carbocycles. The van der Waals surface area contributed by atoms with Gasteiger partial charge in [-0.2, -0.15) is 0 Å². The van der Waals surface area contributed by atoms with E-state index in [0.29, 0.717) is 5.56 Å². The lowest BCUT2D eigenvalue weighted by Crippen LogP contribution is -2.50. The van der Waals surface area contributed by atoms with E-state index in [-0.39, 0.29) is 71.0 Å². The third kappa shape index (κ3) is 10.5. The van der Waals surface area contributed by atoms with Crippen LogP contribution in [0.5, 0.6) is 0 Å². The Morgan fingerprint density at radius 3 is 1.43 bits per heavy atom. The summed E-state index contributed by atoms with van der Waals surface area (Å²) in [5.74, 6) is -5.56. The molecule has 1 aromatic carbocycles. The second kappa shape index (κ2) is 14.2. The van der Waals surface area contributed by atoms with E-state index in [0.717, 1.165) is 0 Å². The molecule has 1 fully saturated rings. The molecule has 1 aliphatic heterocycles. The van der Waals surface area contributed by atoms with E-state index < -0.39 is 42.4 Å². The van der Waals surface area contributed by atoms with Gasteiger partial charge in [0.2, 0.25) is 0 Å². The number of carboxylic acid groups (broad SMARTS) is 5. The maximum atomic E-state index is 11.7. The van der Waals surface area contributed by atoms with Crippen molar-refractivity contribution < 1.29 is 49.5 Å². The quantitative estimate of drug-likeness (QED) is 0.249. The van der Waals surface area contributed by atoms with Gasteiger partial charge in [0.25, 0.3) is 0 Å². The lowest BCUT2D eigenvalue weighted by Gasteiger charge is -2.37. The Morgan fingerprint density at radius 2 is 1.00 bits per heavy atom. The predicted molar refractivity (Wildman–Crippen MR) is 128 cm³/mol. The average molecular weight is 525 g/mol. The second-order valence-corrected chi connectivity index (χ2v) is 8.78. The van der Waals surface area contributed by atoms with Gasteiger partial charge in [0.15, 0.2) is 0 Å². The van der Waals surface area contributed by atoms with Crippen LogP contribution in [0.3, 0.4) is 0 Å². The van der Waals surface area contributed by atoms with Crippen LogP contribution in [-0.4, -0.2) is 147 Å². The molecule has 14 nitrogen and oxygen atoms in total. The molecule has 204 valence electrons. The van der Waals surface area contributed by atoms with Crippen molar-refractivity contribution in [3.8, 4) is 0 Å². The van der Waals surface area contributed by atoms with Crippen molar-refractivity contribution in [1.29, 1.82) is 0 Å². The van der Waals surface area contributed by atoms with Crippen molar-refractivity contribution in [2.24, 2.45) is 0 Å². The highest BCUT2D eigenvalue weighted by atomic mass is 16.4. The fraction of sp³-hybridized carbons (Fsp3) is 0.522. The Labute approximate surface area is 212 Å². The van der Waals surface area contributed by atoms with E-state index in [4.69, 9.17) is 0 Å². The fourth-order valence-corrected chi connectivity index (χ4v) is 4.23. The van der Waals surface area contributed by atoms with E-state index in [2.05, 4.69) is 0 Å². The predicted octanol–water partition coefficient (Wildman–Crippen LogP) is -1.01. The summed E-state index contributed by atoms with van der Waals surface area (Å²) in [4.78, 5) is 63.7. The lowest BCUT2D eigenvalue weighted by atomic mass is 10.0. The van der Waals surface area contributed by atoms with Crippen molar-refractivity contribution in [2.75, 3.05) is 72.0 Å². The highest BCUT2D eigenvalue weighted by Gasteiger charge is 2.28. The van der Waals surface area contributed by atoms with Crippen molar-refractivity contribution in [1.82, 2.24) is 19.6 Å². The zero-order valence-electron chi connectivity index (χ0n) is 20.2. The number of aromatic carboxylic acids is 1. The Balaban J connectivity index is 2.48. The molecule has 1 aliphatic rings. The van der Waals surface area contributed by atoms with Gasteiger partial charge in [0.1, 0.15) is 0 Å². The Hall–Kier alpha value is -3.59. The van der Waals surface area contributed by atoms with Gasteiger partial charge in [-0.05, 0) is 17.7 Å². The fourth-order valence-electron chi connectivity index (χ4n) is 4.23. The number of rotatable bonds is 10. The normalized spacial score (nSPS) is 19.4. The first-order chi connectivity index (χ1) is 17.4. The molecule has 0 spiro atoms. The van der Waals surface area contributed by atoms with Crippen molar-refractivity contribution >= 4 is 29.8 Å². The first-order valence-corrected chi connectivity index (χ1v) is 11.6. The number of benzene rings is 1. The summed E-state index contributed by atoms with van der Waals surface area (Å²) < 4.78 is 0. The molecule has 0 saturated carbocycles. The van der Waals surface area contributed by atoms with Crippen molar-refractivity contribution in [3.63, 3.8) is 0 Å². The molecule has 0 radical (unpaired) electrons. The minimum absolute atomic E-state index is 0.0287. The molecule has 1 heterocycles. The van der Waals surface area contributed by atoms with Crippen LogP contribution in [0.4, 0.5) is 0 Å². The van der Waals surface area contributed by atoms with Gasteiger partial charge in [-0.25, -0.2) is 4.79 Å². The maximum absolute atomic E-state index is 11.7. The largest absolute Gasteiger partial charge is 0.480 e. The number of carbonyl (C=O) groups is 5. The minimum atomic E-state index is -1.14. The van der Waals surface area contributed by atoms with Crippen molar-refractivity contribution in [3.05, 3.63) is 35.4 Å². The molecule has 1 saturated heterocycles. The van der Waals surface area contributed by atoms with Crippen LogP contribution in [0.25, 0.3) is 0 Å². The van der Waals surface area contributed by atoms with Gasteiger partial charge in [-0.1, -0.05) is 12.1 Å². The molecule has 1 unspecified atom stereocenters. The topological polar surface area (TPSA) is 199 Å². The highest BCUT2D eigenvalue weighted by Crippen LogP contribution is 2.23. The minimum Gasteiger partial charge on any atom is -0.480 e. The highest BCUT2D eigenvalue weighted by molar-refractivity contribution is 5.87. The number of hydrogen-bond acceptors (Lipinski definition) is 9. The summed E-state index contributed by atoms with van der Waals surface area (Å²) in [5, 5.41) is 46.9. The molecule has 37 heavy (non-hydrogen) atoms. The molecule has 0 aromatic heterocycles. The summed E-state index contributed by atoms with van der Waals surface area (Å²) in [7, 11) is 0. The van der Waals surface area contributed by atoms with Crippen LogP contribution in [-0.2, 0) is 19.2 Å². The first-order valence-electron chi connectivity index (χ1n) is 11.6. The number of hydrogen-bond donors (Lipinski definition) is 5. The SMILES string of the molecule is O=C(O)CN1CCN(CC(=O)O)CCN(CC(=O)O)C(c2ccc(C(=O)O)cc2)CN(CC(=O)O)CC1. The van der Waals surface area contributed by atoms with E-state index in [1.54, 1.807) is 31.7 Å². The molecular formula is C23H32N4O10. The van der Waals surface area contributed by atoms with Crippen LogP contribution in [0.1, 0.15) is 22.0 Å². The summed E-state index contributed by atoms with van der Waals surface area (Å²) in [6.07, 6.45) is 0. The lowest BCUT2D eigenvalue weighted by molar-refractivity contribution is -0.142. The van der Waals surface area contributed by atoms with Gasteiger partial charge in [-0.3, -0.25) is 38.8 Å². The third-order valence-corrected chi connectivity index (χ3v) is 6.00. The van der Waals surface area contributed by atoms with Gasteiger partial charge in [-0.15, -0.1) is 0 Å². The first kappa shape index (κ1) is 29.6. The summed E-state index contributed by atoms with van der Waals surface area (Å²) in [5.41, 5.74) is 0.590. The summed E-state index contributed by atoms with van der Waals surface area (Å²) in [6, 6.07) is 5.16. The molecule has 0 amide bonds. The van der Waals surface area contributed by atoms with Crippen molar-refractivity contribution in [2.45, 2.75) is 6.04 Å². The van der Waals surface area contributed by atoms with Gasteiger partial charge >= 0.3 is 29.8 Å². The monoisotopic (exact) mass is 524 g/mol. The van der Waals surface area contributed by atoms with Crippen LogP contribution in [0.2, 0.25) is 0 Å². The third-order valence-electron chi connectivity index (χ3n) is 6.00. The molecule has 5 N–H and O–H groups in total. The zero-order chi connectivity index (χ0) is 27.5. The van der Waals surface area contributed by atoms with Gasteiger partial charge in [0.05, 0.1) is 31.7 Å². The number of nitrogens with zero attached hydrogens (tertiary/aromatic N) is 4. The Kier molecular flexibility index (Phi) is 11.4. The Bertz CT molecular complexity index is 971. The van der Waals surface area contributed by atoms with E-state index in [1.807, 2.05) is 0 Å². The number of aliphatic carboxylic acids is 4. The molecule has 0 bridgehead atoms. The second-order valence-electron chi connectivity index (χ2n) is 8.78. The summed E-state index contributed by atoms with van der Waals surface area (Å²) in [6.45, 7) is -0.336.